The molecule has 5 rings (SSSR count). The minimum atomic E-state index is 0.655. The van der Waals surface area contributed by atoms with E-state index < -0.39 is 0 Å². The predicted octanol–water partition coefficient (Wildman–Crippen LogP) is 8.56. The Bertz CT molecular complexity index is 1420. The fraction of sp³-hybridized carbons (Fsp3) is 0.100. The molecule has 1 heterocycles. The topological polar surface area (TPSA) is 22.1 Å². The van der Waals surface area contributed by atoms with Gasteiger partial charge in [-0.05, 0) is 84.0 Å². The summed E-state index contributed by atoms with van der Waals surface area (Å²) in [5.41, 5.74) is 7.78. The molecule has 0 N–H and O–H groups in total. The van der Waals surface area contributed by atoms with Crippen LogP contribution in [0.25, 0.3) is 22.0 Å². The number of rotatable bonds is 5. The lowest BCUT2D eigenvalue weighted by Gasteiger charge is -2.15. The Morgan fingerprint density at radius 3 is 2.30 bits per heavy atom. The van der Waals surface area contributed by atoms with E-state index in [1.807, 2.05) is 36.5 Å². The summed E-state index contributed by atoms with van der Waals surface area (Å²) in [6.07, 6.45) is 2.74. The second kappa shape index (κ2) is 9.09. The molecule has 0 bridgehead atoms. The highest BCUT2D eigenvalue weighted by atomic mass is 35.5. The summed E-state index contributed by atoms with van der Waals surface area (Å²) in [4.78, 5) is 4.71. The molecule has 2 nitrogen and oxygen atoms in total. The zero-order valence-corrected chi connectivity index (χ0v) is 19.4. The molecule has 0 saturated heterocycles. The lowest BCUT2D eigenvalue weighted by Crippen LogP contribution is -1.97. The first kappa shape index (κ1) is 21.2. The number of ether oxygens (including phenoxy) is 1. The molecule has 0 aliphatic heterocycles. The van der Waals surface area contributed by atoms with Crippen LogP contribution in [0.2, 0.25) is 5.02 Å². The second-order valence-corrected chi connectivity index (χ2v) is 8.82. The quantitative estimate of drug-likeness (QED) is 0.268. The standard InChI is InChI=1S/C30H24ClNO/c1-20-14-21(2)16-26(15-20)33-25-11-6-10-23(18-25)29-24(17-22-8-4-3-5-9-22)19-32-30-27(29)12-7-13-28(30)31/h3-16,18-19H,17H2,1-2H3. The zero-order chi connectivity index (χ0) is 22.8. The summed E-state index contributed by atoms with van der Waals surface area (Å²) >= 11 is 6.51. The van der Waals surface area contributed by atoms with Crippen molar-refractivity contribution in [3.8, 4) is 22.6 Å². The van der Waals surface area contributed by atoms with Gasteiger partial charge in [-0.25, -0.2) is 0 Å². The van der Waals surface area contributed by atoms with E-state index in [1.54, 1.807) is 0 Å². The van der Waals surface area contributed by atoms with Crippen LogP contribution in [0.1, 0.15) is 22.3 Å². The van der Waals surface area contributed by atoms with Gasteiger partial charge in [-0.2, -0.15) is 0 Å². The number of aromatic nitrogens is 1. The zero-order valence-electron chi connectivity index (χ0n) is 18.7. The Balaban J connectivity index is 1.63. The number of benzene rings is 4. The number of aryl methyl sites for hydroxylation is 2. The predicted molar refractivity (Wildman–Crippen MR) is 137 cm³/mol. The lowest BCUT2D eigenvalue weighted by molar-refractivity contribution is 0.482. The van der Waals surface area contributed by atoms with Gasteiger partial charge in [0.25, 0.3) is 0 Å². The van der Waals surface area contributed by atoms with Crippen molar-refractivity contribution in [3.63, 3.8) is 0 Å². The van der Waals surface area contributed by atoms with Crippen LogP contribution in [0.15, 0.2) is 97.2 Å². The number of hydrogen-bond donors (Lipinski definition) is 0. The number of halogens is 1. The molecule has 0 spiro atoms. The van der Waals surface area contributed by atoms with E-state index in [0.29, 0.717) is 5.02 Å². The van der Waals surface area contributed by atoms with Crippen LogP contribution >= 0.6 is 11.6 Å². The van der Waals surface area contributed by atoms with Crippen molar-refractivity contribution in [1.82, 2.24) is 4.98 Å². The number of para-hydroxylation sites is 1. The SMILES string of the molecule is Cc1cc(C)cc(Oc2cccc(-c3c(Cc4ccccc4)cnc4c(Cl)cccc34)c2)c1. The van der Waals surface area contributed by atoms with Crippen LogP contribution in [-0.4, -0.2) is 4.98 Å². The molecule has 33 heavy (non-hydrogen) atoms. The van der Waals surface area contributed by atoms with Gasteiger partial charge in [-0.3, -0.25) is 4.98 Å². The van der Waals surface area contributed by atoms with Gasteiger partial charge >= 0.3 is 0 Å². The van der Waals surface area contributed by atoms with Crippen LogP contribution in [0, 0.1) is 13.8 Å². The minimum absolute atomic E-state index is 0.655. The normalized spacial score (nSPS) is 11.0. The van der Waals surface area contributed by atoms with Crippen molar-refractivity contribution in [2.45, 2.75) is 20.3 Å². The molecule has 0 atom stereocenters. The van der Waals surface area contributed by atoms with Crippen molar-refractivity contribution in [1.29, 1.82) is 0 Å². The van der Waals surface area contributed by atoms with E-state index in [0.717, 1.165) is 45.5 Å². The molecular formula is C30H24ClNO. The van der Waals surface area contributed by atoms with Gasteiger partial charge in [0.1, 0.15) is 11.5 Å². The Hall–Kier alpha value is -3.62. The maximum absolute atomic E-state index is 6.51. The first-order chi connectivity index (χ1) is 16.1. The lowest BCUT2D eigenvalue weighted by atomic mass is 9.93. The van der Waals surface area contributed by atoms with Crippen molar-refractivity contribution >= 4 is 22.5 Å². The maximum atomic E-state index is 6.51. The van der Waals surface area contributed by atoms with Crippen LogP contribution in [0.5, 0.6) is 11.5 Å². The molecule has 1 aromatic heterocycles. The molecule has 0 aliphatic rings. The molecule has 0 amide bonds. The molecule has 4 aromatic carbocycles. The Morgan fingerprint density at radius 2 is 1.52 bits per heavy atom. The molecule has 0 aliphatic carbocycles. The van der Waals surface area contributed by atoms with E-state index in [-0.39, 0.29) is 0 Å². The largest absolute Gasteiger partial charge is 0.457 e. The van der Waals surface area contributed by atoms with Gasteiger partial charge in [-0.1, -0.05) is 72.3 Å². The summed E-state index contributed by atoms with van der Waals surface area (Å²) in [5.74, 6) is 1.65. The van der Waals surface area contributed by atoms with E-state index in [4.69, 9.17) is 21.3 Å². The van der Waals surface area contributed by atoms with E-state index >= 15 is 0 Å². The van der Waals surface area contributed by atoms with Crippen LogP contribution in [0.4, 0.5) is 0 Å². The first-order valence-corrected chi connectivity index (χ1v) is 11.4. The van der Waals surface area contributed by atoms with Crippen molar-refractivity contribution < 1.29 is 4.74 Å². The van der Waals surface area contributed by atoms with Gasteiger partial charge in [0.05, 0.1) is 10.5 Å². The Kier molecular flexibility index (Phi) is 5.85. The van der Waals surface area contributed by atoms with E-state index in [2.05, 4.69) is 74.5 Å². The molecule has 3 heteroatoms. The number of fused-ring (bicyclic) bond motifs is 1. The maximum Gasteiger partial charge on any atom is 0.128 e. The Labute approximate surface area is 199 Å². The average Bonchev–Trinajstić information content (AvgIpc) is 2.79. The highest BCUT2D eigenvalue weighted by Crippen LogP contribution is 2.37. The fourth-order valence-corrected chi connectivity index (χ4v) is 4.59. The Morgan fingerprint density at radius 1 is 0.758 bits per heavy atom. The number of hydrogen-bond acceptors (Lipinski definition) is 2. The van der Waals surface area contributed by atoms with Crippen LogP contribution < -0.4 is 4.74 Å². The number of nitrogens with zero attached hydrogens (tertiary/aromatic N) is 1. The highest BCUT2D eigenvalue weighted by Gasteiger charge is 2.14. The van der Waals surface area contributed by atoms with Crippen LogP contribution in [0.3, 0.4) is 0 Å². The summed E-state index contributed by atoms with van der Waals surface area (Å²) in [6.45, 7) is 4.16. The molecule has 0 unspecified atom stereocenters. The van der Waals surface area contributed by atoms with E-state index in [1.165, 1.54) is 16.7 Å². The first-order valence-electron chi connectivity index (χ1n) is 11.0. The second-order valence-electron chi connectivity index (χ2n) is 8.41. The molecule has 0 radical (unpaired) electrons. The van der Waals surface area contributed by atoms with Gasteiger partial charge in [0, 0.05) is 11.6 Å². The number of pyridine rings is 1. The molecule has 0 fully saturated rings. The third-order valence-corrected chi connectivity index (χ3v) is 6.02. The van der Waals surface area contributed by atoms with Crippen molar-refractivity contribution in [3.05, 3.63) is 124 Å². The van der Waals surface area contributed by atoms with Gasteiger partial charge in [0.15, 0.2) is 0 Å². The summed E-state index contributed by atoms with van der Waals surface area (Å²) in [5, 5.41) is 1.70. The van der Waals surface area contributed by atoms with Gasteiger partial charge in [0.2, 0.25) is 0 Å². The summed E-state index contributed by atoms with van der Waals surface area (Å²) < 4.78 is 6.25. The highest BCUT2D eigenvalue weighted by molar-refractivity contribution is 6.35. The molecule has 0 saturated carbocycles. The third-order valence-electron chi connectivity index (χ3n) is 5.72. The van der Waals surface area contributed by atoms with E-state index in [9.17, 15) is 0 Å². The smallest absolute Gasteiger partial charge is 0.128 e. The molecule has 5 aromatic rings. The molecular weight excluding hydrogens is 426 g/mol. The fourth-order valence-electron chi connectivity index (χ4n) is 4.36. The van der Waals surface area contributed by atoms with Crippen molar-refractivity contribution in [2.24, 2.45) is 0 Å². The van der Waals surface area contributed by atoms with Gasteiger partial charge in [-0.15, -0.1) is 0 Å². The summed E-state index contributed by atoms with van der Waals surface area (Å²) in [7, 11) is 0. The summed E-state index contributed by atoms with van der Waals surface area (Å²) in [6, 6.07) is 30.9. The third kappa shape index (κ3) is 4.62. The minimum Gasteiger partial charge on any atom is -0.457 e. The van der Waals surface area contributed by atoms with Crippen LogP contribution in [-0.2, 0) is 6.42 Å². The average molecular weight is 450 g/mol. The monoisotopic (exact) mass is 449 g/mol. The van der Waals surface area contributed by atoms with Gasteiger partial charge < -0.3 is 4.74 Å². The molecule has 162 valence electrons. The van der Waals surface area contributed by atoms with Crippen molar-refractivity contribution in [2.75, 3.05) is 0 Å².